The van der Waals surface area contributed by atoms with Gasteiger partial charge in [-0.15, -0.1) is 0 Å². The van der Waals surface area contributed by atoms with Crippen molar-refractivity contribution in [3.8, 4) is 23.1 Å². The molecule has 8 nitrogen and oxygen atoms in total. The molecule has 1 fully saturated rings. The molecule has 0 bridgehead atoms. The number of aromatic nitrogens is 3. The van der Waals surface area contributed by atoms with Gasteiger partial charge in [0.25, 0.3) is 0 Å². The molecule has 178 valence electrons. The summed E-state index contributed by atoms with van der Waals surface area (Å²) in [7, 11) is 1.73. The van der Waals surface area contributed by atoms with Gasteiger partial charge in [-0.05, 0) is 49.4 Å². The molecule has 0 radical (unpaired) electrons. The fourth-order valence-electron chi connectivity index (χ4n) is 4.14. The van der Waals surface area contributed by atoms with Crippen LogP contribution in [-0.4, -0.2) is 50.3 Å². The van der Waals surface area contributed by atoms with Gasteiger partial charge in [-0.25, -0.2) is 14.8 Å². The van der Waals surface area contributed by atoms with E-state index in [1.165, 1.54) is 23.4 Å². The van der Waals surface area contributed by atoms with E-state index in [2.05, 4.69) is 9.97 Å². The topological polar surface area (TPSA) is 104 Å². The highest BCUT2D eigenvalue weighted by atomic mass is 19.4. The van der Waals surface area contributed by atoms with Crippen molar-refractivity contribution in [2.45, 2.75) is 25.4 Å². The van der Waals surface area contributed by atoms with Crippen LogP contribution in [0, 0.1) is 17.2 Å². The maximum absolute atomic E-state index is 13.8. The highest BCUT2D eigenvalue weighted by molar-refractivity contribution is 5.84. The average molecular weight is 473 g/mol. The van der Waals surface area contributed by atoms with E-state index in [1.807, 2.05) is 6.07 Å². The molecular weight excluding hydrogens is 451 g/mol. The zero-order chi connectivity index (χ0) is 24.5. The van der Waals surface area contributed by atoms with Crippen molar-refractivity contribution >= 4 is 17.1 Å². The number of benzene rings is 1. The molecule has 4 rings (SSSR count). The first-order valence-electron chi connectivity index (χ1n) is 10.7. The van der Waals surface area contributed by atoms with Crippen LogP contribution in [0.3, 0.4) is 0 Å². The summed E-state index contributed by atoms with van der Waals surface area (Å²) in [4.78, 5) is 20.7. The summed E-state index contributed by atoms with van der Waals surface area (Å²) >= 11 is 0. The van der Waals surface area contributed by atoms with E-state index in [9.17, 15) is 23.2 Å². The van der Waals surface area contributed by atoms with E-state index < -0.39 is 17.8 Å². The van der Waals surface area contributed by atoms with Crippen LogP contribution in [0.5, 0.6) is 5.75 Å². The molecule has 0 unspecified atom stereocenters. The first kappa shape index (κ1) is 23.4. The zero-order valence-electron chi connectivity index (χ0n) is 18.3. The largest absolute Gasteiger partial charge is 0.493 e. The van der Waals surface area contributed by atoms with E-state index in [4.69, 9.17) is 9.84 Å². The van der Waals surface area contributed by atoms with Crippen molar-refractivity contribution in [3.63, 3.8) is 0 Å². The fraction of sp³-hybridized carbons (Fsp3) is 0.391. The molecule has 1 aliphatic rings. The van der Waals surface area contributed by atoms with E-state index >= 15 is 0 Å². The second-order valence-electron chi connectivity index (χ2n) is 8.25. The van der Waals surface area contributed by atoms with E-state index in [1.54, 1.807) is 17.7 Å². The Labute approximate surface area is 193 Å². The van der Waals surface area contributed by atoms with Gasteiger partial charge in [0, 0.05) is 25.7 Å². The quantitative estimate of drug-likeness (QED) is 0.577. The van der Waals surface area contributed by atoms with Crippen molar-refractivity contribution in [2.24, 2.45) is 13.0 Å². The molecule has 3 heterocycles. The Bertz CT molecular complexity index is 1260. The molecule has 0 aliphatic carbocycles. The van der Waals surface area contributed by atoms with Gasteiger partial charge < -0.3 is 19.3 Å². The number of carboxylic acid groups (broad SMARTS) is 1. The number of likely N-dealkylation sites (tertiary alicyclic amines) is 1. The van der Waals surface area contributed by atoms with Gasteiger partial charge in [0.05, 0.1) is 29.7 Å². The monoisotopic (exact) mass is 473 g/mol. The third-order valence-corrected chi connectivity index (χ3v) is 6.07. The number of pyridine rings is 1. The molecule has 0 saturated carbocycles. The Morgan fingerprint density at radius 3 is 2.68 bits per heavy atom. The number of alkyl halides is 3. The van der Waals surface area contributed by atoms with E-state index in [-0.39, 0.29) is 35.2 Å². The Morgan fingerprint density at radius 1 is 1.29 bits per heavy atom. The van der Waals surface area contributed by atoms with Gasteiger partial charge in [-0.3, -0.25) is 0 Å². The minimum atomic E-state index is -4.65. The summed E-state index contributed by atoms with van der Waals surface area (Å²) < 4.78 is 48.7. The maximum atomic E-state index is 13.8. The number of ether oxygens (including phenoxy) is 1. The van der Waals surface area contributed by atoms with E-state index in [0.29, 0.717) is 43.4 Å². The van der Waals surface area contributed by atoms with E-state index in [0.717, 1.165) is 6.07 Å². The van der Waals surface area contributed by atoms with Crippen LogP contribution in [0.1, 0.15) is 30.5 Å². The molecule has 1 saturated heterocycles. The molecule has 1 aliphatic heterocycles. The highest BCUT2D eigenvalue weighted by Gasteiger charge is 2.35. The number of carbonyl (C=O) groups is 1. The molecule has 34 heavy (non-hydrogen) atoms. The molecule has 0 spiro atoms. The summed E-state index contributed by atoms with van der Waals surface area (Å²) in [5.74, 6) is -0.0789. The summed E-state index contributed by atoms with van der Waals surface area (Å²) in [5, 5.41) is 18.4. The number of hydrogen-bond donors (Lipinski definition) is 1. The van der Waals surface area contributed by atoms with Gasteiger partial charge in [-0.1, -0.05) is 0 Å². The van der Waals surface area contributed by atoms with Gasteiger partial charge in [0.2, 0.25) is 0 Å². The third-order valence-electron chi connectivity index (χ3n) is 6.07. The van der Waals surface area contributed by atoms with Crippen LogP contribution in [0.15, 0.2) is 30.6 Å². The Kier molecular flexibility index (Phi) is 6.32. The Morgan fingerprint density at radius 2 is 2.03 bits per heavy atom. The number of rotatable bonds is 5. The van der Waals surface area contributed by atoms with Gasteiger partial charge >= 0.3 is 12.3 Å². The Hall–Kier alpha value is -3.81. The van der Waals surface area contributed by atoms with Gasteiger partial charge in [0.15, 0.2) is 5.69 Å². The predicted octanol–water partition coefficient (Wildman–Crippen LogP) is 4.68. The average Bonchev–Trinajstić information content (AvgIpc) is 3.19. The lowest BCUT2D eigenvalue weighted by atomic mass is 9.94. The van der Waals surface area contributed by atoms with Crippen LogP contribution < -0.4 is 4.74 Å². The third kappa shape index (κ3) is 4.76. The first-order chi connectivity index (χ1) is 16.2. The molecule has 1 aromatic carbocycles. The van der Waals surface area contributed by atoms with Crippen LogP contribution in [0.4, 0.5) is 18.0 Å². The van der Waals surface area contributed by atoms with Crippen molar-refractivity contribution in [2.75, 3.05) is 19.7 Å². The number of halogens is 3. The lowest BCUT2D eigenvalue weighted by molar-refractivity contribution is -0.138. The number of hydrogen-bond acceptors (Lipinski definition) is 5. The van der Waals surface area contributed by atoms with Crippen LogP contribution in [0.2, 0.25) is 0 Å². The maximum Gasteiger partial charge on any atom is 0.419 e. The van der Waals surface area contributed by atoms with Gasteiger partial charge in [0.1, 0.15) is 17.3 Å². The number of fused-ring (bicyclic) bond motifs is 1. The fourth-order valence-corrected chi connectivity index (χ4v) is 4.14. The number of aryl methyl sites for hydroxylation is 1. The minimum Gasteiger partial charge on any atom is -0.493 e. The van der Waals surface area contributed by atoms with Crippen molar-refractivity contribution in [1.29, 1.82) is 5.26 Å². The first-order valence-corrected chi connectivity index (χ1v) is 10.7. The summed E-state index contributed by atoms with van der Waals surface area (Å²) in [5.41, 5.74) is 0.533. The number of nitrogens with zero attached hydrogens (tertiary/aromatic N) is 5. The molecule has 0 atom stereocenters. The molecule has 11 heteroatoms. The van der Waals surface area contributed by atoms with Gasteiger partial charge in [-0.2, -0.15) is 18.4 Å². The van der Waals surface area contributed by atoms with Crippen molar-refractivity contribution in [1.82, 2.24) is 19.4 Å². The summed E-state index contributed by atoms with van der Waals surface area (Å²) in [6.07, 6.45) is -2.23. The molecular formula is C23H22F3N5O3. The minimum absolute atomic E-state index is 0.0379. The summed E-state index contributed by atoms with van der Waals surface area (Å²) in [6, 6.07) is 7.28. The van der Waals surface area contributed by atoms with Crippen LogP contribution >= 0.6 is 0 Å². The lowest BCUT2D eigenvalue weighted by Gasteiger charge is -2.29. The summed E-state index contributed by atoms with van der Waals surface area (Å²) in [6.45, 7) is 0.931. The SMILES string of the molecule is Cn1cnc2c(C#N)nc(-c3ccc(OCCC4CCN(C(=O)O)CC4)c(C(F)(F)F)c3)cc21. The Balaban J connectivity index is 1.54. The number of piperidine rings is 1. The standard InChI is InChI=1S/C23H22F3N5O3/c1-30-13-28-21-18(12-27)29-17(11-19(21)30)15-2-3-20(16(10-15)23(24,25)26)34-9-6-14-4-7-31(8-5-14)22(32)33/h2-3,10-11,13-14H,4-9H2,1H3,(H,32,33). The number of nitriles is 1. The van der Waals surface area contributed by atoms with Crippen molar-refractivity contribution < 1.29 is 27.8 Å². The zero-order valence-corrected chi connectivity index (χ0v) is 18.3. The molecule has 1 amide bonds. The molecule has 3 aromatic rings. The second kappa shape index (κ2) is 9.21. The second-order valence-corrected chi connectivity index (χ2v) is 8.25. The van der Waals surface area contributed by atoms with Crippen LogP contribution in [0.25, 0.3) is 22.3 Å². The molecule has 2 aromatic heterocycles. The van der Waals surface area contributed by atoms with Crippen molar-refractivity contribution in [3.05, 3.63) is 41.9 Å². The normalized spacial score (nSPS) is 14.9. The smallest absolute Gasteiger partial charge is 0.419 e. The number of imidazole rings is 1. The highest BCUT2D eigenvalue weighted by Crippen LogP contribution is 2.39. The predicted molar refractivity (Wildman–Crippen MR) is 116 cm³/mol. The number of amides is 1. The lowest BCUT2D eigenvalue weighted by Crippen LogP contribution is -2.37. The van der Waals surface area contributed by atoms with Crippen LogP contribution in [-0.2, 0) is 13.2 Å². The molecule has 1 N–H and O–H groups in total.